The molecule has 56 heavy (non-hydrogen) atoms. The van der Waals surface area contributed by atoms with Crippen molar-refractivity contribution >= 4 is 5.91 Å². The molecule has 0 saturated carbocycles. The zero-order valence-electron chi connectivity index (χ0n) is 37.7. The molecule has 6 nitrogen and oxygen atoms in total. The molecular formula is C50H99NO5. The summed E-state index contributed by atoms with van der Waals surface area (Å²) in [5.41, 5.74) is 0. The number of unbranched alkanes of at least 4 members (excludes halogenated alkanes) is 35. The fraction of sp³-hybridized carbons (Fsp3) is 0.940. The smallest absolute Gasteiger partial charge is 0.249 e. The van der Waals surface area contributed by atoms with Crippen molar-refractivity contribution in [2.75, 3.05) is 6.61 Å². The van der Waals surface area contributed by atoms with E-state index in [1.165, 1.54) is 205 Å². The van der Waals surface area contributed by atoms with Crippen molar-refractivity contribution in [3.63, 3.8) is 0 Å². The molecule has 0 aromatic carbocycles. The summed E-state index contributed by atoms with van der Waals surface area (Å²) in [5.74, 6) is -0.583. The third-order valence-corrected chi connectivity index (χ3v) is 12.0. The highest BCUT2D eigenvalue weighted by Gasteiger charge is 2.28. The van der Waals surface area contributed by atoms with Gasteiger partial charge in [0, 0.05) is 0 Å². The highest BCUT2D eigenvalue weighted by atomic mass is 16.3. The third kappa shape index (κ3) is 38.6. The Kier molecular flexibility index (Phi) is 44.4. The lowest BCUT2D eigenvalue weighted by molar-refractivity contribution is -0.132. The highest BCUT2D eigenvalue weighted by molar-refractivity contribution is 5.80. The van der Waals surface area contributed by atoms with E-state index in [1.54, 1.807) is 0 Å². The van der Waals surface area contributed by atoms with E-state index in [0.29, 0.717) is 12.8 Å². The Hall–Kier alpha value is -0.950. The van der Waals surface area contributed by atoms with E-state index in [1.807, 2.05) is 0 Å². The molecule has 0 radical (unpaired) electrons. The molecule has 0 rings (SSSR count). The lowest BCUT2D eigenvalue weighted by Gasteiger charge is -2.27. The Morgan fingerprint density at radius 3 is 1.04 bits per heavy atom. The van der Waals surface area contributed by atoms with Gasteiger partial charge < -0.3 is 25.7 Å². The summed E-state index contributed by atoms with van der Waals surface area (Å²) in [7, 11) is 0. The molecule has 0 aliphatic carbocycles. The van der Waals surface area contributed by atoms with Crippen molar-refractivity contribution in [2.24, 2.45) is 0 Å². The maximum atomic E-state index is 12.5. The molecule has 4 atom stereocenters. The van der Waals surface area contributed by atoms with Crippen LogP contribution in [0.15, 0.2) is 12.2 Å². The maximum absolute atomic E-state index is 12.5. The number of rotatable bonds is 46. The molecule has 0 aromatic heterocycles. The summed E-state index contributed by atoms with van der Waals surface area (Å²) in [6.07, 6.45) is 51.1. The number of aliphatic hydroxyl groups excluding tert-OH is 4. The van der Waals surface area contributed by atoms with Crippen LogP contribution in [-0.4, -0.2) is 57.3 Å². The summed E-state index contributed by atoms with van der Waals surface area (Å²) >= 11 is 0. The second-order valence-corrected chi connectivity index (χ2v) is 17.5. The van der Waals surface area contributed by atoms with Crippen LogP contribution in [0.3, 0.4) is 0 Å². The van der Waals surface area contributed by atoms with Gasteiger partial charge in [-0.05, 0) is 38.5 Å². The molecule has 0 aliphatic heterocycles. The minimum absolute atomic E-state index is 0.367. The summed E-state index contributed by atoms with van der Waals surface area (Å²) in [5, 5.41) is 43.8. The van der Waals surface area contributed by atoms with E-state index >= 15 is 0 Å². The van der Waals surface area contributed by atoms with Crippen LogP contribution in [0.1, 0.15) is 271 Å². The van der Waals surface area contributed by atoms with Gasteiger partial charge in [-0.2, -0.15) is 0 Å². The van der Waals surface area contributed by atoms with E-state index in [-0.39, 0.29) is 0 Å². The minimum Gasteiger partial charge on any atom is -0.394 e. The lowest BCUT2D eigenvalue weighted by atomic mass is 9.99. The normalized spacial score (nSPS) is 14.0. The van der Waals surface area contributed by atoms with Gasteiger partial charge in [0.1, 0.15) is 12.2 Å². The van der Waals surface area contributed by atoms with Gasteiger partial charge in [0.05, 0.1) is 18.8 Å². The van der Waals surface area contributed by atoms with Crippen molar-refractivity contribution in [3.8, 4) is 0 Å². The van der Waals surface area contributed by atoms with Crippen LogP contribution in [0.2, 0.25) is 0 Å². The number of hydrogen-bond donors (Lipinski definition) is 5. The number of aliphatic hydroxyl groups is 4. The molecule has 0 aromatic rings. The van der Waals surface area contributed by atoms with Crippen LogP contribution in [0.5, 0.6) is 0 Å². The van der Waals surface area contributed by atoms with Gasteiger partial charge in [0.25, 0.3) is 0 Å². The Morgan fingerprint density at radius 2 is 0.714 bits per heavy atom. The van der Waals surface area contributed by atoms with E-state index < -0.39 is 36.9 Å². The maximum Gasteiger partial charge on any atom is 0.249 e. The summed E-state index contributed by atoms with van der Waals surface area (Å²) < 4.78 is 0. The minimum atomic E-state index is -1.26. The van der Waals surface area contributed by atoms with Gasteiger partial charge in [-0.25, -0.2) is 0 Å². The molecule has 0 heterocycles. The Morgan fingerprint density at radius 1 is 0.429 bits per heavy atom. The molecule has 334 valence electrons. The van der Waals surface area contributed by atoms with E-state index in [9.17, 15) is 25.2 Å². The summed E-state index contributed by atoms with van der Waals surface area (Å²) in [6.45, 7) is 4.08. The first-order chi connectivity index (χ1) is 27.5. The van der Waals surface area contributed by atoms with E-state index in [4.69, 9.17) is 0 Å². The van der Waals surface area contributed by atoms with Crippen LogP contribution >= 0.6 is 0 Å². The van der Waals surface area contributed by atoms with E-state index in [2.05, 4.69) is 31.3 Å². The Bertz CT molecular complexity index is 806. The predicted molar refractivity (Wildman–Crippen MR) is 242 cm³/mol. The first-order valence-corrected chi connectivity index (χ1v) is 25.1. The summed E-state index contributed by atoms with van der Waals surface area (Å²) in [4.78, 5) is 12.5. The molecule has 4 unspecified atom stereocenters. The number of hydrogen-bond acceptors (Lipinski definition) is 5. The first kappa shape index (κ1) is 55.0. The molecule has 6 heteroatoms. The van der Waals surface area contributed by atoms with Gasteiger partial charge >= 0.3 is 0 Å². The van der Waals surface area contributed by atoms with Crippen molar-refractivity contribution in [1.82, 2.24) is 5.32 Å². The second kappa shape index (κ2) is 45.1. The summed E-state index contributed by atoms with van der Waals surface area (Å²) in [6, 6.07) is -0.984. The SMILES string of the molecule is CCCCCCCCCCCCCC/C=C\CCCCCCCCCC(O)C(=O)NC(CO)C(O)C(O)CCCCCCCCCCCCCCCCCCC. The van der Waals surface area contributed by atoms with Crippen molar-refractivity contribution < 1.29 is 25.2 Å². The van der Waals surface area contributed by atoms with Gasteiger partial charge in [0.2, 0.25) is 5.91 Å². The lowest BCUT2D eigenvalue weighted by Crippen LogP contribution is -2.53. The fourth-order valence-corrected chi connectivity index (χ4v) is 7.99. The highest BCUT2D eigenvalue weighted by Crippen LogP contribution is 2.17. The molecular weight excluding hydrogens is 695 g/mol. The van der Waals surface area contributed by atoms with Crippen molar-refractivity contribution in [3.05, 3.63) is 12.2 Å². The largest absolute Gasteiger partial charge is 0.394 e. The second-order valence-electron chi connectivity index (χ2n) is 17.5. The van der Waals surface area contributed by atoms with Crippen LogP contribution in [-0.2, 0) is 4.79 Å². The number of carbonyl (C=O) groups is 1. The molecule has 1 amide bonds. The van der Waals surface area contributed by atoms with Crippen LogP contribution < -0.4 is 5.32 Å². The number of allylic oxidation sites excluding steroid dienone is 2. The quantitative estimate of drug-likeness (QED) is 0.0311. The third-order valence-electron chi connectivity index (χ3n) is 12.0. The zero-order chi connectivity index (χ0) is 41.0. The van der Waals surface area contributed by atoms with Crippen LogP contribution in [0, 0.1) is 0 Å². The Balaban J connectivity index is 3.67. The van der Waals surface area contributed by atoms with Crippen LogP contribution in [0.25, 0.3) is 0 Å². The van der Waals surface area contributed by atoms with Gasteiger partial charge in [-0.3, -0.25) is 4.79 Å². The zero-order valence-corrected chi connectivity index (χ0v) is 37.7. The predicted octanol–water partition coefficient (Wildman–Crippen LogP) is 13.7. The van der Waals surface area contributed by atoms with Crippen molar-refractivity contribution in [2.45, 2.75) is 295 Å². The number of nitrogens with one attached hydrogen (secondary N) is 1. The molecule has 5 N–H and O–H groups in total. The number of amides is 1. The Labute approximate surface area is 349 Å². The van der Waals surface area contributed by atoms with Gasteiger partial charge in [-0.1, -0.05) is 244 Å². The molecule has 0 fully saturated rings. The molecule has 0 aliphatic rings. The van der Waals surface area contributed by atoms with Crippen LogP contribution in [0.4, 0.5) is 0 Å². The molecule has 0 bridgehead atoms. The number of carbonyl (C=O) groups excluding carboxylic acids is 1. The van der Waals surface area contributed by atoms with E-state index in [0.717, 1.165) is 38.5 Å². The topological polar surface area (TPSA) is 110 Å². The fourth-order valence-electron chi connectivity index (χ4n) is 7.99. The average molecular weight is 794 g/mol. The molecule has 0 spiro atoms. The monoisotopic (exact) mass is 794 g/mol. The average Bonchev–Trinajstić information content (AvgIpc) is 3.20. The van der Waals surface area contributed by atoms with Crippen molar-refractivity contribution in [1.29, 1.82) is 0 Å². The standard InChI is InChI=1S/C50H99NO5/c1-3-5-7-9-11-13-15-17-19-21-22-23-24-25-26-28-30-32-34-36-38-40-42-44-48(54)50(56)51-46(45-52)49(55)47(53)43-41-39-37-35-33-31-29-27-20-18-16-14-12-10-8-6-4-2/h25-26,46-49,52-55H,3-24,27-45H2,1-2H3,(H,51,56)/b26-25-. The van der Waals surface area contributed by atoms with Gasteiger partial charge in [-0.15, -0.1) is 0 Å². The first-order valence-electron chi connectivity index (χ1n) is 25.1. The van der Waals surface area contributed by atoms with Gasteiger partial charge in [0.15, 0.2) is 0 Å². The molecule has 0 saturated heterocycles.